The molecule has 2 rings (SSSR count). The molecule has 0 aliphatic heterocycles. The predicted octanol–water partition coefficient (Wildman–Crippen LogP) is 3.84. The molecule has 0 aliphatic carbocycles. The molecule has 128 valence electrons. The Labute approximate surface area is 142 Å². The van der Waals surface area contributed by atoms with Crippen molar-refractivity contribution in [1.82, 2.24) is 0 Å². The van der Waals surface area contributed by atoms with Crippen molar-refractivity contribution in [1.29, 1.82) is 0 Å². The molecule has 1 amide bonds. The van der Waals surface area contributed by atoms with E-state index in [0.717, 1.165) is 11.3 Å². The van der Waals surface area contributed by atoms with Gasteiger partial charge in [0.05, 0.1) is 21.3 Å². The van der Waals surface area contributed by atoms with Crippen LogP contribution in [-0.4, -0.2) is 27.2 Å². The van der Waals surface area contributed by atoms with E-state index in [1.54, 1.807) is 39.5 Å². The van der Waals surface area contributed by atoms with Gasteiger partial charge in [-0.2, -0.15) is 0 Å². The minimum Gasteiger partial charge on any atom is -0.497 e. The van der Waals surface area contributed by atoms with Gasteiger partial charge < -0.3 is 19.5 Å². The van der Waals surface area contributed by atoms with E-state index in [9.17, 15) is 4.79 Å². The second kappa shape index (κ2) is 8.24. The lowest BCUT2D eigenvalue weighted by molar-refractivity contribution is -0.116. The van der Waals surface area contributed by atoms with Gasteiger partial charge in [-0.25, -0.2) is 0 Å². The molecule has 0 aromatic heterocycles. The number of ether oxygens (including phenoxy) is 3. The molecular weight excluding hydrogens is 306 g/mol. The predicted molar refractivity (Wildman–Crippen MR) is 94.2 cm³/mol. The van der Waals surface area contributed by atoms with Gasteiger partial charge in [-0.05, 0) is 35.7 Å². The second-order valence-corrected chi connectivity index (χ2v) is 5.50. The van der Waals surface area contributed by atoms with Gasteiger partial charge in [0.25, 0.3) is 0 Å². The number of anilines is 1. The molecule has 5 heteroatoms. The van der Waals surface area contributed by atoms with Crippen LogP contribution in [0.15, 0.2) is 42.5 Å². The first-order valence-corrected chi connectivity index (χ1v) is 7.73. The van der Waals surface area contributed by atoms with Crippen LogP contribution in [-0.2, 0) is 4.79 Å². The molecule has 1 atom stereocenters. The minimum absolute atomic E-state index is 0.0504. The maximum atomic E-state index is 12.3. The number of carbonyl (C=O) groups excluding carboxylic acids is 1. The highest BCUT2D eigenvalue weighted by Crippen LogP contribution is 2.30. The molecule has 5 nitrogen and oxygen atoms in total. The number of rotatable bonds is 7. The van der Waals surface area contributed by atoms with Gasteiger partial charge in [0.15, 0.2) is 11.5 Å². The van der Waals surface area contributed by atoms with E-state index in [2.05, 4.69) is 5.32 Å². The second-order valence-electron chi connectivity index (χ2n) is 5.50. The summed E-state index contributed by atoms with van der Waals surface area (Å²) in [6, 6.07) is 13.1. The standard InChI is InChI=1S/C19H23NO4/c1-13(14-5-8-16(22-2)9-6-14)11-19(21)20-15-7-10-17(23-3)18(12-15)24-4/h5-10,12-13H,11H2,1-4H3,(H,20,21). The summed E-state index contributed by atoms with van der Waals surface area (Å²) in [7, 11) is 4.77. The topological polar surface area (TPSA) is 56.8 Å². The zero-order chi connectivity index (χ0) is 17.5. The van der Waals surface area contributed by atoms with Crippen LogP contribution in [0.3, 0.4) is 0 Å². The molecule has 0 radical (unpaired) electrons. The van der Waals surface area contributed by atoms with Gasteiger partial charge >= 0.3 is 0 Å². The average Bonchev–Trinajstić information content (AvgIpc) is 2.61. The first-order valence-electron chi connectivity index (χ1n) is 7.73. The van der Waals surface area contributed by atoms with Gasteiger partial charge in [0.2, 0.25) is 5.91 Å². The van der Waals surface area contributed by atoms with E-state index in [1.807, 2.05) is 31.2 Å². The average molecular weight is 329 g/mol. The Morgan fingerprint density at radius 2 is 1.62 bits per heavy atom. The van der Waals surface area contributed by atoms with E-state index in [4.69, 9.17) is 14.2 Å². The molecule has 24 heavy (non-hydrogen) atoms. The molecule has 0 fully saturated rings. The van der Waals surface area contributed by atoms with Crippen molar-refractivity contribution in [2.24, 2.45) is 0 Å². The van der Waals surface area contributed by atoms with Crippen LogP contribution in [0.25, 0.3) is 0 Å². The largest absolute Gasteiger partial charge is 0.497 e. The van der Waals surface area contributed by atoms with Crippen LogP contribution in [0, 0.1) is 0 Å². The quantitative estimate of drug-likeness (QED) is 0.838. The molecule has 0 bridgehead atoms. The monoisotopic (exact) mass is 329 g/mol. The number of amides is 1. The van der Waals surface area contributed by atoms with Gasteiger partial charge in [-0.15, -0.1) is 0 Å². The number of carbonyl (C=O) groups is 1. The smallest absolute Gasteiger partial charge is 0.224 e. The van der Waals surface area contributed by atoms with Crippen molar-refractivity contribution >= 4 is 11.6 Å². The maximum absolute atomic E-state index is 12.3. The van der Waals surface area contributed by atoms with Crippen LogP contribution >= 0.6 is 0 Å². The van der Waals surface area contributed by atoms with Gasteiger partial charge in [0.1, 0.15) is 5.75 Å². The SMILES string of the molecule is COc1ccc(C(C)CC(=O)Nc2ccc(OC)c(OC)c2)cc1. The first-order chi connectivity index (χ1) is 11.6. The molecule has 0 saturated carbocycles. The summed E-state index contributed by atoms with van der Waals surface area (Å²) in [5.41, 5.74) is 1.78. The fourth-order valence-corrected chi connectivity index (χ4v) is 2.45. The van der Waals surface area contributed by atoms with E-state index >= 15 is 0 Å². The van der Waals surface area contributed by atoms with Crippen molar-refractivity contribution in [2.75, 3.05) is 26.6 Å². The summed E-state index contributed by atoms with van der Waals surface area (Å²) in [5, 5.41) is 2.89. The van der Waals surface area contributed by atoms with Crippen LogP contribution < -0.4 is 19.5 Å². The highest BCUT2D eigenvalue weighted by atomic mass is 16.5. The van der Waals surface area contributed by atoms with Crippen molar-refractivity contribution in [2.45, 2.75) is 19.3 Å². The molecular formula is C19H23NO4. The molecule has 1 N–H and O–H groups in total. The van der Waals surface area contributed by atoms with Gasteiger partial charge in [-0.3, -0.25) is 4.79 Å². The Bertz CT molecular complexity index is 682. The summed E-state index contributed by atoms with van der Waals surface area (Å²) >= 11 is 0. The molecule has 0 spiro atoms. The number of methoxy groups -OCH3 is 3. The summed E-state index contributed by atoms with van der Waals surface area (Å²) in [6.07, 6.45) is 0.390. The number of hydrogen-bond donors (Lipinski definition) is 1. The van der Waals surface area contributed by atoms with Gasteiger partial charge in [-0.1, -0.05) is 19.1 Å². The Hall–Kier alpha value is -2.69. The summed E-state index contributed by atoms with van der Waals surface area (Å²) in [5.74, 6) is 2.07. The Morgan fingerprint density at radius 1 is 0.958 bits per heavy atom. The Kier molecular flexibility index (Phi) is 6.07. The minimum atomic E-state index is -0.0504. The normalized spacial score (nSPS) is 11.5. The van der Waals surface area contributed by atoms with E-state index in [-0.39, 0.29) is 11.8 Å². The molecule has 1 unspecified atom stereocenters. The Morgan fingerprint density at radius 3 is 2.21 bits per heavy atom. The number of nitrogens with one attached hydrogen (secondary N) is 1. The molecule has 0 saturated heterocycles. The summed E-state index contributed by atoms with van der Waals surface area (Å²) in [6.45, 7) is 2.02. The molecule has 2 aromatic carbocycles. The zero-order valence-electron chi connectivity index (χ0n) is 14.5. The maximum Gasteiger partial charge on any atom is 0.224 e. The third kappa shape index (κ3) is 4.41. The summed E-state index contributed by atoms with van der Waals surface area (Å²) in [4.78, 5) is 12.3. The van der Waals surface area contributed by atoms with E-state index < -0.39 is 0 Å². The van der Waals surface area contributed by atoms with Crippen LogP contribution in [0.5, 0.6) is 17.2 Å². The van der Waals surface area contributed by atoms with E-state index in [0.29, 0.717) is 23.6 Å². The third-order valence-electron chi connectivity index (χ3n) is 3.84. The Balaban J connectivity index is 1.99. The lowest BCUT2D eigenvalue weighted by Gasteiger charge is -2.14. The molecule has 2 aromatic rings. The fraction of sp³-hybridized carbons (Fsp3) is 0.316. The third-order valence-corrected chi connectivity index (χ3v) is 3.84. The van der Waals surface area contributed by atoms with Crippen molar-refractivity contribution in [3.8, 4) is 17.2 Å². The van der Waals surface area contributed by atoms with Crippen molar-refractivity contribution in [3.63, 3.8) is 0 Å². The van der Waals surface area contributed by atoms with Crippen LogP contribution in [0.2, 0.25) is 0 Å². The molecule has 0 heterocycles. The van der Waals surface area contributed by atoms with E-state index in [1.165, 1.54) is 0 Å². The summed E-state index contributed by atoms with van der Waals surface area (Å²) < 4.78 is 15.6. The number of hydrogen-bond acceptors (Lipinski definition) is 4. The van der Waals surface area contributed by atoms with Gasteiger partial charge in [0, 0.05) is 18.2 Å². The lowest BCUT2D eigenvalue weighted by Crippen LogP contribution is -2.14. The number of benzene rings is 2. The van der Waals surface area contributed by atoms with Crippen LogP contribution in [0.4, 0.5) is 5.69 Å². The highest BCUT2D eigenvalue weighted by molar-refractivity contribution is 5.91. The van der Waals surface area contributed by atoms with Crippen molar-refractivity contribution < 1.29 is 19.0 Å². The first kappa shape index (κ1) is 17.7. The molecule has 0 aliphatic rings. The highest BCUT2D eigenvalue weighted by Gasteiger charge is 2.13. The lowest BCUT2D eigenvalue weighted by atomic mass is 9.97. The van der Waals surface area contributed by atoms with Crippen LogP contribution in [0.1, 0.15) is 24.8 Å². The van der Waals surface area contributed by atoms with Crippen molar-refractivity contribution in [3.05, 3.63) is 48.0 Å². The fourth-order valence-electron chi connectivity index (χ4n) is 2.45. The zero-order valence-corrected chi connectivity index (χ0v) is 14.5.